The van der Waals surface area contributed by atoms with Gasteiger partial charge in [0.1, 0.15) is 11.3 Å². The molecule has 2 aromatic heterocycles. The number of para-hydroxylation sites is 1. The van der Waals surface area contributed by atoms with Crippen LogP contribution >= 0.6 is 22.9 Å². The Balaban J connectivity index is 0.000000807. The highest BCUT2D eigenvalue weighted by atomic mass is 35.5. The maximum atomic E-state index is 11.6. The number of fused-ring (bicyclic) bond motifs is 1. The molecule has 0 saturated carbocycles. The third-order valence-corrected chi connectivity index (χ3v) is 4.89. The molecule has 1 amide bonds. The Morgan fingerprint density at radius 2 is 1.90 bits per heavy atom. The van der Waals surface area contributed by atoms with Crippen molar-refractivity contribution in [1.29, 1.82) is 0 Å². The smallest absolute Gasteiger partial charge is 0.322 e. The van der Waals surface area contributed by atoms with E-state index in [9.17, 15) is 4.79 Å². The molecule has 0 fully saturated rings. The molecule has 2 heterocycles. The lowest BCUT2D eigenvalue weighted by atomic mass is 10.1. The van der Waals surface area contributed by atoms with Crippen molar-refractivity contribution in [3.05, 3.63) is 47.0 Å². The van der Waals surface area contributed by atoms with Crippen LogP contribution in [0.2, 0.25) is 5.02 Å². The number of carbonyl (C=O) groups is 1. The summed E-state index contributed by atoms with van der Waals surface area (Å²) in [5.41, 5.74) is 6.73. The van der Waals surface area contributed by atoms with Gasteiger partial charge in [-0.2, -0.15) is 0 Å². The van der Waals surface area contributed by atoms with Crippen LogP contribution in [0.1, 0.15) is 38.1 Å². The van der Waals surface area contributed by atoms with E-state index in [1.54, 1.807) is 19.2 Å². The second kappa shape index (κ2) is 11.3. The highest BCUT2D eigenvalue weighted by Gasteiger charge is 2.17. The molecule has 2 aromatic carbocycles. The molecule has 0 bridgehead atoms. The molecule has 10 heteroatoms. The maximum Gasteiger partial charge on any atom is 0.322 e. The Morgan fingerprint density at radius 3 is 2.58 bits per heavy atom. The summed E-state index contributed by atoms with van der Waals surface area (Å²) in [6.07, 6.45) is 0. The van der Waals surface area contributed by atoms with E-state index in [2.05, 4.69) is 20.5 Å². The van der Waals surface area contributed by atoms with Crippen molar-refractivity contribution in [2.75, 3.05) is 12.4 Å². The fourth-order valence-corrected chi connectivity index (χ4v) is 3.57. The minimum absolute atomic E-state index is 0.133. The number of hydrogen-bond donors (Lipinski definition) is 2. The normalized spacial score (nSPS) is 9.87. The molecule has 0 aliphatic carbocycles. The number of methoxy groups -OCH3 is 1. The number of halogens is 1. The summed E-state index contributed by atoms with van der Waals surface area (Å²) >= 11 is 7.34. The Kier molecular flexibility index (Phi) is 8.77. The first-order valence-corrected chi connectivity index (χ1v) is 10.9. The van der Waals surface area contributed by atoms with Crippen molar-refractivity contribution < 1.29 is 13.9 Å². The number of anilines is 2. The van der Waals surface area contributed by atoms with E-state index in [4.69, 9.17) is 26.5 Å². The second-order valence-electron chi connectivity index (χ2n) is 5.42. The molecule has 4 aromatic rings. The molecule has 164 valence electrons. The molecule has 0 saturated heterocycles. The molecule has 0 atom stereocenters. The number of aromatic nitrogens is 3. The van der Waals surface area contributed by atoms with Gasteiger partial charge in [-0.1, -0.05) is 61.8 Å². The van der Waals surface area contributed by atoms with Gasteiger partial charge in [-0.05, 0) is 30.3 Å². The first-order valence-electron chi connectivity index (χ1n) is 9.69. The zero-order chi connectivity index (χ0) is 23.0. The highest BCUT2D eigenvalue weighted by molar-refractivity contribution is 7.22. The SMILES string of the molecule is CC.CC.COc1cccc2sc(Nc3nnc(-c4ccc(Cl)cc4C(N)=O)o3)nc12. The molecule has 0 spiro atoms. The van der Waals surface area contributed by atoms with E-state index in [-0.39, 0.29) is 17.5 Å². The first-order chi connectivity index (χ1) is 15.0. The summed E-state index contributed by atoms with van der Waals surface area (Å²) in [4.78, 5) is 16.1. The van der Waals surface area contributed by atoms with Gasteiger partial charge in [0.25, 0.3) is 5.89 Å². The van der Waals surface area contributed by atoms with Gasteiger partial charge in [0.05, 0.1) is 22.9 Å². The van der Waals surface area contributed by atoms with Crippen LogP contribution in [0.15, 0.2) is 40.8 Å². The zero-order valence-corrected chi connectivity index (χ0v) is 19.5. The van der Waals surface area contributed by atoms with E-state index >= 15 is 0 Å². The van der Waals surface area contributed by atoms with Gasteiger partial charge < -0.3 is 14.9 Å². The molecule has 0 aliphatic heterocycles. The van der Waals surface area contributed by atoms with Gasteiger partial charge in [-0.3, -0.25) is 10.1 Å². The van der Waals surface area contributed by atoms with Crippen LogP contribution in [-0.2, 0) is 0 Å². The number of thiazole rings is 1. The molecule has 0 aliphatic rings. The summed E-state index contributed by atoms with van der Waals surface area (Å²) in [6.45, 7) is 8.00. The van der Waals surface area contributed by atoms with Crippen molar-refractivity contribution in [2.24, 2.45) is 5.73 Å². The van der Waals surface area contributed by atoms with Crippen LogP contribution in [-0.4, -0.2) is 28.2 Å². The molecular formula is C21H24ClN5O3S. The number of rotatable bonds is 5. The van der Waals surface area contributed by atoms with Crippen LogP contribution in [0.3, 0.4) is 0 Å². The lowest BCUT2D eigenvalue weighted by Gasteiger charge is -2.02. The van der Waals surface area contributed by atoms with Crippen molar-refractivity contribution in [3.63, 3.8) is 0 Å². The van der Waals surface area contributed by atoms with Crippen LogP contribution in [0.5, 0.6) is 5.75 Å². The number of benzene rings is 2. The monoisotopic (exact) mass is 461 g/mol. The van der Waals surface area contributed by atoms with Crippen LogP contribution in [0, 0.1) is 0 Å². The number of nitrogens with zero attached hydrogens (tertiary/aromatic N) is 3. The highest BCUT2D eigenvalue weighted by Crippen LogP contribution is 2.34. The third kappa shape index (κ3) is 5.50. The predicted octanol–water partition coefficient (Wildman–Crippen LogP) is 5.90. The van der Waals surface area contributed by atoms with Crippen LogP contribution < -0.4 is 15.8 Å². The molecule has 31 heavy (non-hydrogen) atoms. The largest absolute Gasteiger partial charge is 0.494 e. The Labute approximate surface area is 189 Å². The fraction of sp³-hybridized carbons (Fsp3) is 0.238. The van der Waals surface area contributed by atoms with E-state index < -0.39 is 5.91 Å². The molecule has 4 rings (SSSR count). The lowest BCUT2D eigenvalue weighted by Crippen LogP contribution is -2.12. The van der Waals surface area contributed by atoms with E-state index in [1.165, 1.54) is 17.4 Å². The van der Waals surface area contributed by atoms with Crippen molar-refractivity contribution in [1.82, 2.24) is 15.2 Å². The minimum Gasteiger partial charge on any atom is -0.494 e. The number of hydrogen-bond acceptors (Lipinski definition) is 8. The summed E-state index contributed by atoms with van der Waals surface area (Å²) in [5, 5.41) is 11.8. The minimum atomic E-state index is -0.640. The van der Waals surface area contributed by atoms with Crippen molar-refractivity contribution in [3.8, 4) is 17.2 Å². The lowest BCUT2D eigenvalue weighted by molar-refractivity contribution is 0.100. The Bertz CT molecular complexity index is 1160. The fourth-order valence-electron chi connectivity index (χ4n) is 2.52. The Hall–Kier alpha value is -3.17. The molecule has 8 nitrogen and oxygen atoms in total. The number of amides is 1. The summed E-state index contributed by atoms with van der Waals surface area (Å²) in [7, 11) is 1.59. The standard InChI is InChI=1S/C17H12ClN5O3S.2C2H6/c1-25-11-3-2-4-12-13(11)20-17(27-12)21-16-23-22-15(26-16)9-6-5-8(18)7-10(9)14(19)24;2*1-2/h2-7H,1H3,(H2,19,24)(H,20,21,23);2*1-2H3. The maximum absolute atomic E-state index is 11.6. The van der Waals surface area contributed by atoms with E-state index in [1.807, 2.05) is 45.9 Å². The van der Waals surface area contributed by atoms with E-state index in [0.717, 1.165) is 10.2 Å². The van der Waals surface area contributed by atoms with Gasteiger partial charge in [0.15, 0.2) is 5.13 Å². The van der Waals surface area contributed by atoms with Gasteiger partial charge in [0.2, 0.25) is 5.91 Å². The number of ether oxygens (including phenoxy) is 1. The Morgan fingerprint density at radius 1 is 1.16 bits per heavy atom. The quantitative estimate of drug-likeness (QED) is 0.379. The molecular weight excluding hydrogens is 438 g/mol. The number of carbonyl (C=O) groups excluding carboxylic acids is 1. The first kappa shape index (κ1) is 24.1. The third-order valence-electron chi connectivity index (χ3n) is 3.72. The number of nitrogens with two attached hydrogens (primary N) is 1. The van der Waals surface area contributed by atoms with Gasteiger partial charge >= 0.3 is 6.01 Å². The van der Waals surface area contributed by atoms with Gasteiger partial charge in [0, 0.05) is 5.02 Å². The average Bonchev–Trinajstić information content (AvgIpc) is 3.43. The molecule has 0 unspecified atom stereocenters. The van der Waals surface area contributed by atoms with Crippen molar-refractivity contribution >= 4 is 50.2 Å². The summed E-state index contributed by atoms with van der Waals surface area (Å²) in [6, 6.07) is 10.5. The molecule has 3 N–H and O–H groups in total. The number of primary amides is 1. The van der Waals surface area contributed by atoms with Crippen molar-refractivity contribution in [2.45, 2.75) is 27.7 Å². The van der Waals surface area contributed by atoms with Crippen LogP contribution in [0.4, 0.5) is 11.1 Å². The predicted molar refractivity (Wildman–Crippen MR) is 125 cm³/mol. The number of nitrogens with one attached hydrogen (secondary N) is 1. The summed E-state index contributed by atoms with van der Waals surface area (Å²) in [5.74, 6) is 0.176. The second-order valence-corrected chi connectivity index (χ2v) is 6.88. The van der Waals surface area contributed by atoms with E-state index in [0.29, 0.717) is 21.5 Å². The van der Waals surface area contributed by atoms with Gasteiger partial charge in [-0.25, -0.2) is 4.98 Å². The molecule has 0 radical (unpaired) electrons. The van der Waals surface area contributed by atoms with Gasteiger partial charge in [-0.15, -0.1) is 5.10 Å². The zero-order valence-electron chi connectivity index (χ0n) is 17.9. The summed E-state index contributed by atoms with van der Waals surface area (Å²) < 4.78 is 11.9. The topological polar surface area (TPSA) is 116 Å². The van der Waals surface area contributed by atoms with Crippen LogP contribution in [0.25, 0.3) is 21.7 Å². The average molecular weight is 462 g/mol.